The minimum absolute atomic E-state index is 0.499. The maximum absolute atomic E-state index is 5.29. The molecule has 22 heavy (non-hydrogen) atoms. The van der Waals surface area contributed by atoms with E-state index in [4.69, 9.17) is 4.42 Å². The first-order chi connectivity index (χ1) is 10.7. The molecule has 0 fully saturated rings. The highest BCUT2D eigenvalue weighted by atomic mass is 32.1. The number of thiazole rings is 1. The molecule has 2 heterocycles. The zero-order valence-electron chi connectivity index (χ0n) is 13.4. The van der Waals surface area contributed by atoms with Gasteiger partial charge >= 0.3 is 0 Å². The molecular weight excluding hydrogens is 296 g/mol. The van der Waals surface area contributed by atoms with Gasteiger partial charge in [-0.3, -0.25) is 0 Å². The zero-order chi connectivity index (χ0) is 15.8. The molecule has 2 aromatic rings. The lowest BCUT2D eigenvalue weighted by Gasteiger charge is -2.10. The third kappa shape index (κ3) is 5.18. The van der Waals surface area contributed by atoms with Gasteiger partial charge in [0.05, 0.1) is 17.0 Å². The van der Waals surface area contributed by atoms with Crippen molar-refractivity contribution in [2.75, 3.05) is 13.1 Å². The summed E-state index contributed by atoms with van der Waals surface area (Å²) < 4.78 is 5.29. The Morgan fingerprint density at radius 3 is 2.91 bits per heavy atom. The lowest BCUT2D eigenvalue weighted by Crippen LogP contribution is -2.38. The quantitative estimate of drug-likeness (QED) is 0.608. The van der Waals surface area contributed by atoms with Crippen LogP contribution in [0.15, 0.2) is 33.2 Å². The molecule has 0 aliphatic heterocycles. The average molecular weight is 320 g/mol. The van der Waals surface area contributed by atoms with Gasteiger partial charge in [0, 0.05) is 30.8 Å². The molecule has 0 saturated heterocycles. The summed E-state index contributed by atoms with van der Waals surface area (Å²) in [5.74, 6) is 2.16. The Morgan fingerprint density at radius 1 is 1.41 bits per heavy atom. The van der Waals surface area contributed by atoms with Crippen LogP contribution in [-0.4, -0.2) is 24.0 Å². The van der Waals surface area contributed by atoms with Crippen molar-refractivity contribution >= 4 is 17.3 Å². The van der Waals surface area contributed by atoms with Crippen molar-refractivity contribution in [1.29, 1.82) is 0 Å². The van der Waals surface area contributed by atoms with Crippen molar-refractivity contribution in [1.82, 2.24) is 15.6 Å². The minimum Gasteiger partial charge on any atom is -0.467 e. The number of guanidine groups is 1. The van der Waals surface area contributed by atoms with E-state index in [9.17, 15) is 0 Å². The molecule has 0 unspecified atom stereocenters. The van der Waals surface area contributed by atoms with E-state index in [1.807, 2.05) is 12.1 Å². The van der Waals surface area contributed by atoms with Crippen LogP contribution in [0.5, 0.6) is 0 Å². The Labute approximate surface area is 135 Å². The van der Waals surface area contributed by atoms with Gasteiger partial charge in [0.15, 0.2) is 5.96 Å². The molecule has 0 aliphatic rings. The van der Waals surface area contributed by atoms with Crippen LogP contribution in [0, 0.1) is 0 Å². The first kappa shape index (κ1) is 16.5. The summed E-state index contributed by atoms with van der Waals surface area (Å²) in [4.78, 5) is 9.15. The predicted molar refractivity (Wildman–Crippen MR) is 91.4 cm³/mol. The van der Waals surface area contributed by atoms with E-state index >= 15 is 0 Å². The summed E-state index contributed by atoms with van der Waals surface area (Å²) >= 11 is 1.74. The monoisotopic (exact) mass is 320 g/mol. The summed E-state index contributed by atoms with van der Waals surface area (Å²) in [5, 5.41) is 9.91. The van der Waals surface area contributed by atoms with Crippen LogP contribution in [0.25, 0.3) is 0 Å². The van der Waals surface area contributed by atoms with Crippen molar-refractivity contribution in [3.63, 3.8) is 0 Å². The van der Waals surface area contributed by atoms with E-state index in [0.717, 1.165) is 36.9 Å². The van der Waals surface area contributed by atoms with E-state index in [1.165, 1.54) is 5.01 Å². The molecular formula is C16H24N4OS. The summed E-state index contributed by atoms with van der Waals surface area (Å²) in [7, 11) is 0. The summed E-state index contributed by atoms with van der Waals surface area (Å²) in [6.45, 7) is 8.58. The number of hydrogen-bond donors (Lipinski definition) is 2. The summed E-state index contributed by atoms with van der Waals surface area (Å²) in [6, 6.07) is 3.80. The summed E-state index contributed by atoms with van der Waals surface area (Å²) in [6.07, 6.45) is 2.56. The first-order valence-corrected chi connectivity index (χ1v) is 8.56. The SMILES string of the molecule is CCNC(=NCc1ccco1)NCCc1csc(C(C)C)n1. The Hall–Kier alpha value is -1.82. The summed E-state index contributed by atoms with van der Waals surface area (Å²) in [5.41, 5.74) is 1.14. The average Bonchev–Trinajstić information content (AvgIpc) is 3.16. The van der Waals surface area contributed by atoms with E-state index < -0.39 is 0 Å². The second kappa shape index (κ2) is 8.58. The molecule has 0 aromatic carbocycles. The highest BCUT2D eigenvalue weighted by molar-refractivity contribution is 7.09. The topological polar surface area (TPSA) is 62.5 Å². The van der Waals surface area contributed by atoms with E-state index in [1.54, 1.807) is 17.6 Å². The van der Waals surface area contributed by atoms with Gasteiger partial charge in [0.25, 0.3) is 0 Å². The Bertz CT molecular complexity index is 575. The third-order valence-electron chi connectivity index (χ3n) is 3.05. The van der Waals surface area contributed by atoms with Gasteiger partial charge in [0.2, 0.25) is 0 Å². The number of rotatable bonds is 7. The number of furan rings is 1. The Balaban J connectivity index is 1.81. The molecule has 6 heteroatoms. The Morgan fingerprint density at radius 2 is 2.27 bits per heavy atom. The molecule has 0 atom stereocenters. The van der Waals surface area contributed by atoms with Crippen molar-refractivity contribution in [2.45, 2.75) is 39.7 Å². The fourth-order valence-electron chi connectivity index (χ4n) is 1.91. The molecule has 0 aliphatic carbocycles. The minimum atomic E-state index is 0.499. The van der Waals surface area contributed by atoms with Crippen LogP contribution in [-0.2, 0) is 13.0 Å². The second-order valence-corrected chi connectivity index (χ2v) is 6.17. The molecule has 0 spiro atoms. The van der Waals surface area contributed by atoms with Crippen molar-refractivity contribution < 1.29 is 4.42 Å². The smallest absolute Gasteiger partial charge is 0.191 e. The number of hydrogen-bond acceptors (Lipinski definition) is 4. The van der Waals surface area contributed by atoms with Crippen molar-refractivity contribution in [3.8, 4) is 0 Å². The van der Waals surface area contributed by atoms with Crippen LogP contribution in [0.4, 0.5) is 0 Å². The lowest BCUT2D eigenvalue weighted by atomic mass is 10.2. The van der Waals surface area contributed by atoms with E-state index in [0.29, 0.717) is 12.5 Å². The predicted octanol–water partition coefficient (Wildman–Crippen LogP) is 3.16. The van der Waals surface area contributed by atoms with Gasteiger partial charge in [-0.1, -0.05) is 13.8 Å². The molecule has 0 saturated carbocycles. The molecule has 5 nitrogen and oxygen atoms in total. The third-order valence-corrected chi connectivity index (χ3v) is 4.25. The fourth-order valence-corrected chi connectivity index (χ4v) is 2.78. The fraction of sp³-hybridized carbons (Fsp3) is 0.500. The standard InChI is InChI=1S/C16H24N4OS/c1-4-17-16(19-10-14-6-5-9-21-14)18-8-7-13-11-22-15(20-13)12(2)3/h5-6,9,11-12H,4,7-8,10H2,1-3H3,(H2,17,18,19). The molecule has 0 amide bonds. The van der Waals surface area contributed by atoms with Crippen LogP contribution in [0.2, 0.25) is 0 Å². The van der Waals surface area contributed by atoms with E-state index in [2.05, 4.69) is 46.8 Å². The van der Waals surface area contributed by atoms with E-state index in [-0.39, 0.29) is 0 Å². The van der Waals surface area contributed by atoms with Gasteiger partial charge in [-0.05, 0) is 19.1 Å². The molecule has 2 aromatic heterocycles. The van der Waals surface area contributed by atoms with Gasteiger partial charge in [0.1, 0.15) is 12.3 Å². The van der Waals surface area contributed by atoms with Crippen LogP contribution >= 0.6 is 11.3 Å². The molecule has 0 bridgehead atoms. The normalized spacial score (nSPS) is 11.9. The number of nitrogens with zero attached hydrogens (tertiary/aromatic N) is 2. The van der Waals surface area contributed by atoms with Gasteiger partial charge < -0.3 is 15.1 Å². The maximum atomic E-state index is 5.29. The Kier molecular flexibility index (Phi) is 6.45. The highest BCUT2D eigenvalue weighted by Gasteiger charge is 2.06. The van der Waals surface area contributed by atoms with Crippen molar-refractivity contribution in [2.24, 2.45) is 4.99 Å². The lowest BCUT2D eigenvalue weighted by molar-refractivity contribution is 0.512. The maximum Gasteiger partial charge on any atom is 0.191 e. The van der Waals surface area contributed by atoms with Crippen molar-refractivity contribution in [3.05, 3.63) is 40.2 Å². The first-order valence-electron chi connectivity index (χ1n) is 7.68. The second-order valence-electron chi connectivity index (χ2n) is 5.28. The molecule has 2 rings (SSSR count). The van der Waals surface area contributed by atoms with Crippen LogP contribution in [0.1, 0.15) is 43.2 Å². The zero-order valence-corrected chi connectivity index (χ0v) is 14.2. The van der Waals surface area contributed by atoms with Gasteiger partial charge in [-0.2, -0.15) is 0 Å². The van der Waals surface area contributed by atoms with Gasteiger partial charge in [-0.25, -0.2) is 9.98 Å². The molecule has 120 valence electrons. The number of nitrogens with one attached hydrogen (secondary N) is 2. The van der Waals surface area contributed by atoms with Gasteiger partial charge in [-0.15, -0.1) is 11.3 Å². The van der Waals surface area contributed by atoms with Crippen LogP contribution < -0.4 is 10.6 Å². The van der Waals surface area contributed by atoms with Crippen LogP contribution in [0.3, 0.4) is 0 Å². The highest BCUT2D eigenvalue weighted by Crippen LogP contribution is 2.19. The number of aromatic nitrogens is 1. The number of aliphatic imine (C=N–C) groups is 1. The largest absolute Gasteiger partial charge is 0.467 e. The molecule has 2 N–H and O–H groups in total. The molecule has 0 radical (unpaired) electrons.